The maximum atomic E-state index is 12.1. The second-order valence-corrected chi connectivity index (χ2v) is 7.10. The quantitative estimate of drug-likeness (QED) is 0.787. The number of hydrazone groups is 1. The first kappa shape index (κ1) is 14.5. The number of carbonyl (C=O) groups excluding carboxylic acids is 1. The van der Waals surface area contributed by atoms with Crippen molar-refractivity contribution in [2.75, 3.05) is 13.1 Å². The van der Waals surface area contributed by atoms with Gasteiger partial charge in [-0.1, -0.05) is 29.3 Å². The molecule has 22 heavy (non-hydrogen) atoms. The van der Waals surface area contributed by atoms with Crippen LogP contribution < -0.4 is 0 Å². The molecule has 6 heteroatoms. The third-order valence-corrected chi connectivity index (χ3v) is 5.60. The van der Waals surface area contributed by atoms with Crippen LogP contribution in [-0.4, -0.2) is 40.7 Å². The van der Waals surface area contributed by atoms with E-state index in [0.717, 1.165) is 37.2 Å². The first-order valence-electron chi connectivity index (χ1n) is 7.63. The normalized spacial score (nSPS) is 32.9. The van der Waals surface area contributed by atoms with E-state index in [0.29, 0.717) is 16.0 Å². The van der Waals surface area contributed by atoms with Crippen LogP contribution in [0.15, 0.2) is 23.3 Å². The summed E-state index contributed by atoms with van der Waals surface area (Å²) in [6.45, 7) is 3.71. The number of hydrogen-bond acceptors (Lipinski definition) is 3. The van der Waals surface area contributed by atoms with Gasteiger partial charge in [-0.15, -0.1) is 0 Å². The highest BCUT2D eigenvalue weighted by molar-refractivity contribution is 6.35. The van der Waals surface area contributed by atoms with E-state index < -0.39 is 0 Å². The van der Waals surface area contributed by atoms with Crippen LogP contribution in [0.3, 0.4) is 0 Å². The predicted octanol–water partition coefficient (Wildman–Crippen LogP) is 3.35. The van der Waals surface area contributed by atoms with Crippen LogP contribution in [0.2, 0.25) is 10.0 Å². The molecular formula is C16H17Cl2N3O. The molecule has 4 aliphatic heterocycles. The van der Waals surface area contributed by atoms with E-state index in [-0.39, 0.29) is 18.0 Å². The lowest BCUT2D eigenvalue weighted by Crippen LogP contribution is -2.56. The van der Waals surface area contributed by atoms with Crippen LogP contribution in [0, 0.1) is 5.92 Å². The molecule has 3 saturated heterocycles. The Morgan fingerprint density at radius 3 is 2.59 bits per heavy atom. The number of piperidine rings is 3. The summed E-state index contributed by atoms with van der Waals surface area (Å²) in [7, 11) is 0. The maximum absolute atomic E-state index is 12.1. The summed E-state index contributed by atoms with van der Waals surface area (Å²) in [6.07, 6.45) is 2.28. The Morgan fingerprint density at radius 2 is 1.95 bits per heavy atom. The number of carbonyl (C=O) groups is 1. The molecule has 1 aromatic carbocycles. The van der Waals surface area contributed by atoms with Crippen molar-refractivity contribution in [3.63, 3.8) is 0 Å². The lowest BCUT2D eigenvalue weighted by atomic mass is 9.78. The lowest BCUT2D eigenvalue weighted by Gasteiger charge is -2.46. The van der Waals surface area contributed by atoms with E-state index in [2.05, 4.69) is 10.0 Å². The van der Waals surface area contributed by atoms with Crippen LogP contribution in [0.1, 0.15) is 31.4 Å². The number of rotatable bonds is 1. The largest absolute Gasteiger partial charge is 0.293 e. The highest BCUT2D eigenvalue weighted by Gasteiger charge is 2.51. The van der Waals surface area contributed by atoms with E-state index >= 15 is 0 Å². The number of hydrogen-bond donors (Lipinski definition) is 0. The molecule has 0 radical (unpaired) electrons. The van der Waals surface area contributed by atoms with Gasteiger partial charge >= 0.3 is 0 Å². The van der Waals surface area contributed by atoms with Crippen LogP contribution in [-0.2, 0) is 4.79 Å². The second-order valence-electron chi connectivity index (χ2n) is 6.25. The molecule has 1 aromatic rings. The van der Waals surface area contributed by atoms with Gasteiger partial charge in [-0.3, -0.25) is 9.69 Å². The number of nitrogens with zero attached hydrogens (tertiary/aromatic N) is 3. The van der Waals surface area contributed by atoms with Crippen molar-refractivity contribution < 1.29 is 4.79 Å². The minimum Gasteiger partial charge on any atom is -0.293 e. The fraction of sp³-hybridized carbons (Fsp3) is 0.500. The Morgan fingerprint density at radius 1 is 1.23 bits per heavy atom. The number of benzene rings is 1. The zero-order valence-electron chi connectivity index (χ0n) is 12.3. The van der Waals surface area contributed by atoms with Gasteiger partial charge < -0.3 is 0 Å². The molecule has 0 N–H and O–H groups in total. The topological polar surface area (TPSA) is 35.9 Å². The average molecular weight is 338 g/mol. The van der Waals surface area contributed by atoms with E-state index in [1.54, 1.807) is 18.0 Å². The maximum Gasteiger partial charge on any atom is 0.240 e. The summed E-state index contributed by atoms with van der Waals surface area (Å²) >= 11 is 12.4. The molecule has 4 heterocycles. The lowest BCUT2D eigenvalue weighted by molar-refractivity contribution is -0.131. The number of amides is 1. The van der Waals surface area contributed by atoms with Gasteiger partial charge in [0.2, 0.25) is 5.91 Å². The molecule has 116 valence electrons. The number of fused-ring (bicyclic) bond motifs is 2. The monoisotopic (exact) mass is 337 g/mol. The van der Waals surface area contributed by atoms with Crippen LogP contribution >= 0.6 is 23.2 Å². The Kier molecular flexibility index (Phi) is 3.44. The van der Waals surface area contributed by atoms with Gasteiger partial charge in [0.05, 0.1) is 11.8 Å². The molecule has 3 fully saturated rings. The van der Waals surface area contributed by atoms with Crippen molar-refractivity contribution in [1.82, 2.24) is 9.91 Å². The fourth-order valence-electron chi connectivity index (χ4n) is 4.03. The van der Waals surface area contributed by atoms with E-state index in [4.69, 9.17) is 23.2 Å². The first-order chi connectivity index (χ1) is 10.6. The van der Waals surface area contributed by atoms with Gasteiger partial charge in [-0.25, -0.2) is 5.01 Å². The molecule has 5 rings (SSSR count). The summed E-state index contributed by atoms with van der Waals surface area (Å²) in [5.41, 5.74) is 2.08. The third-order valence-electron chi connectivity index (χ3n) is 5.03. The van der Waals surface area contributed by atoms with Crippen molar-refractivity contribution in [3.8, 4) is 0 Å². The molecule has 0 aromatic heterocycles. The van der Waals surface area contributed by atoms with Crippen molar-refractivity contribution in [2.24, 2.45) is 11.0 Å². The molecule has 0 aliphatic carbocycles. The standard InChI is InChI=1S/C16H17Cl2N3O/c1-9(22)21-15(12-3-2-11(17)8-13(12)18)16-14(19-21)10-4-6-20(16)7-5-10/h2-3,8,10,15-16H,4-7H2,1H3/t15-,16-/m0/s1. The molecule has 2 bridgehead atoms. The highest BCUT2D eigenvalue weighted by Crippen LogP contribution is 2.45. The van der Waals surface area contributed by atoms with Crippen molar-refractivity contribution in [1.29, 1.82) is 0 Å². The van der Waals surface area contributed by atoms with E-state index in [1.165, 1.54) is 0 Å². The summed E-state index contributed by atoms with van der Waals surface area (Å²) in [5.74, 6) is 0.464. The molecule has 1 amide bonds. The predicted molar refractivity (Wildman–Crippen MR) is 87.2 cm³/mol. The van der Waals surface area contributed by atoms with Gasteiger partial charge in [0.15, 0.2) is 0 Å². The average Bonchev–Trinajstić information content (AvgIpc) is 2.91. The smallest absolute Gasteiger partial charge is 0.240 e. The van der Waals surface area contributed by atoms with E-state index in [9.17, 15) is 4.79 Å². The summed E-state index contributed by atoms with van der Waals surface area (Å²) in [5, 5.41) is 7.50. The molecule has 0 unspecified atom stereocenters. The van der Waals surface area contributed by atoms with Gasteiger partial charge in [-0.05, 0) is 43.6 Å². The second kappa shape index (κ2) is 5.22. The van der Waals surface area contributed by atoms with E-state index in [1.807, 2.05) is 12.1 Å². The minimum absolute atomic E-state index is 0.0430. The summed E-state index contributed by atoms with van der Waals surface area (Å²) < 4.78 is 0. The van der Waals surface area contributed by atoms with Crippen LogP contribution in [0.4, 0.5) is 0 Å². The Bertz CT molecular complexity index is 667. The summed E-state index contributed by atoms with van der Waals surface area (Å²) in [6, 6.07) is 5.52. The minimum atomic E-state index is -0.139. The van der Waals surface area contributed by atoms with Gasteiger partial charge in [0.25, 0.3) is 0 Å². The molecular weight excluding hydrogens is 321 g/mol. The molecule has 4 aliphatic rings. The fourth-order valence-corrected chi connectivity index (χ4v) is 4.55. The van der Waals surface area contributed by atoms with Crippen molar-refractivity contribution >= 4 is 34.8 Å². The first-order valence-corrected chi connectivity index (χ1v) is 8.39. The van der Waals surface area contributed by atoms with Crippen LogP contribution in [0.5, 0.6) is 0 Å². The van der Waals surface area contributed by atoms with Gasteiger partial charge in [-0.2, -0.15) is 5.10 Å². The molecule has 0 spiro atoms. The Hall–Kier alpha value is -1.10. The van der Waals surface area contributed by atoms with Crippen molar-refractivity contribution in [2.45, 2.75) is 31.8 Å². The molecule has 2 atom stereocenters. The zero-order valence-corrected chi connectivity index (χ0v) is 13.8. The van der Waals surface area contributed by atoms with Gasteiger partial charge in [0, 0.05) is 22.9 Å². The Labute approximate surface area is 139 Å². The SMILES string of the molecule is CC(=O)N1N=C2C3CCN(CC3)[C@@H]2[C@@H]1c1ccc(Cl)cc1Cl. The van der Waals surface area contributed by atoms with Crippen molar-refractivity contribution in [3.05, 3.63) is 33.8 Å². The third kappa shape index (κ3) is 2.08. The number of halogens is 2. The molecule has 0 saturated carbocycles. The highest BCUT2D eigenvalue weighted by atomic mass is 35.5. The molecule has 4 nitrogen and oxygen atoms in total. The Balaban J connectivity index is 1.81. The zero-order chi connectivity index (χ0) is 15.4. The van der Waals surface area contributed by atoms with Crippen LogP contribution in [0.25, 0.3) is 0 Å². The summed E-state index contributed by atoms with van der Waals surface area (Å²) in [4.78, 5) is 14.6. The van der Waals surface area contributed by atoms with Gasteiger partial charge in [0.1, 0.15) is 6.04 Å².